The van der Waals surface area contributed by atoms with Gasteiger partial charge in [0.2, 0.25) is 0 Å². The van der Waals surface area contributed by atoms with Gasteiger partial charge in [-0.3, -0.25) is 0 Å². The molecule has 9 aromatic rings. The second-order valence-electron chi connectivity index (χ2n) is 18.9. The summed E-state index contributed by atoms with van der Waals surface area (Å²) in [6.45, 7) is 9.72. The molecule has 0 amide bonds. The molecule has 0 saturated carbocycles. The molecule has 304 valence electrons. The van der Waals surface area contributed by atoms with E-state index < -0.39 is 0 Å². The number of rotatable bonds is 4. The molecule has 64 heavy (non-hydrogen) atoms. The van der Waals surface area contributed by atoms with Gasteiger partial charge in [-0.1, -0.05) is 149 Å². The van der Waals surface area contributed by atoms with E-state index in [2.05, 4.69) is 220 Å². The van der Waals surface area contributed by atoms with Gasteiger partial charge in [0, 0.05) is 46.9 Å². The van der Waals surface area contributed by atoms with E-state index in [1.54, 1.807) is 0 Å². The third-order valence-electron chi connectivity index (χ3n) is 14.6. The molecule has 4 heterocycles. The molecule has 2 aliphatic carbocycles. The predicted octanol–water partition coefficient (Wildman–Crippen LogP) is 15.4. The van der Waals surface area contributed by atoms with Crippen LogP contribution in [0.1, 0.15) is 55.5 Å². The lowest BCUT2D eigenvalue weighted by Crippen LogP contribution is -2.17. The third kappa shape index (κ3) is 5.31. The number of hydrogen-bond donors (Lipinski definition) is 0. The summed E-state index contributed by atoms with van der Waals surface area (Å²) in [7, 11) is 0. The fraction of sp³-hybridized carbons (Fsp3) is 0.0984. The maximum Gasteiger partial charge on any atom is 0.137 e. The van der Waals surface area contributed by atoms with E-state index in [-0.39, 0.29) is 10.8 Å². The molecule has 0 N–H and O–H groups in total. The average molecular weight is 820 g/mol. The van der Waals surface area contributed by atoms with Gasteiger partial charge in [0.1, 0.15) is 5.65 Å². The molecular formula is C61H45N3. The predicted molar refractivity (Wildman–Crippen MR) is 267 cm³/mol. The lowest BCUT2D eigenvalue weighted by atomic mass is 9.78. The van der Waals surface area contributed by atoms with Gasteiger partial charge < -0.3 is 9.30 Å². The van der Waals surface area contributed by atoms with E-state index >= 15 is 0 Å². The van der Waals surface area contributed by atoms with Gasteiger partial charge >= 0.3 is 0 Å². The minimum absolute atomic E-state index is 0.208. The monoisotopic (exact) mass is 819 g/mol. The number of nitrogens with zero attached hydrogens (tertiary/aromatic N) is 3. The number of pyridine rings is 1. The van der Waals surface area contributed by atoms with Crippen LogP contribution in [0.25, 0.3) is 88.5 Å². The van der Waals surface area contributed by atoms with Crippen molar-refractivity contribution in [2.24, 2.45) is 0 Å². The van der Waals surface area contributed by atoms with Crippen LogP contribution in [0.5, 0.6) is 0 Å². The van der Waals surface area contributed by atoms with Gasteiger partial charge in [-0.15, -0.1) is 0 Å². The van der Waals surface area contributed by atoms with Crippen molar-refractivity contribution in [1.29, 1.82) is 0 Å². The van der Waals surface area contributed by atoms with Crippen LogP contribution < -0.4 is 0 Å². The van der Waals surface area contributed by atoms with Gasteiger partial charge in [0.25, 0.3) is 0 Å². The molecule has 0 fully saturated rings. The zero-order valence-electron chi connectivity index (χ0n) is 36.4. The van der Waals surface area contributed by atoms with Crippen LogP contribution in [0.4, 0.5) is 0 Å². The van der Waals surface area contributed by atoms with Crippen LogP contribution >= 0.6 is 0 Å². The summed E-state index contributed by atoms with van der Waals surface area (Å²) in [4.78, 5) is 7.08. The second-order valence-corrected chi connectivity index (χ2v) is 18.9. The number of fused-ring (bicyclic) bond motifs is 12. The molecule has 0 radical (unpaired) electrons. The van der Waals surface area contributed by atoms with Crippen LogP contribution in [-0.4, -0.2) is 14.3 Å². The van der Waals surface area contributed by atoms with Crippen molar-refractivity contribution in [3.8, 4) is 55.8 Å². The van der Waals surface area contributed by atoms with Crippen LogP contribution in [-0.2, 0) is 10.8 Å². The average Bonchev–Trinajstić information content (AvgIpc) is 3.86. The molecule has 7 aromatic carbocycles. The number of allylic oxidation sites excluding steroid dienone is 7. The molecule has 0 saturated heterocycles. The van der Waals surface area contributed by atoms with Gasteiger partial charge in [0.05, 0.1) is 5.69 Å². The minimum atomic E-state index is -0.208. The van der Waals surface area contributed by atoms with E-state index in [1.165, 1.54) is 99.4 Å². The van der Waals surface area contributed by atoms with Gasteiger partial charge in [-0.2, -0.15) is 0 Å². The summed E-state index contributed by atoms with van der Waals surface area (Å²) >= 11 is 0. The molecule has 4 aliphatic rings. The van der Waals surface area contributed by atoms with Crippen molar-refractivity contribution in [3.05, 3.63) is 234 Å². The number of imidazole rings is 1. The highest BCUT2D eigenvalue weighted by molar-refractivity contribution is 6.12. The molecule has 2 aromatic heterocycles. The normalized spacial score (nSPS) is 16.0. The highest BCUT2D eigenvalue weighted by Crippen LogP contribution is 2.59. The van der Waals surface area contributed by atoms with E-state index in [0.29, 0.717) is 0 Å². The summed E-state index contributed by atoms with van der Waals surface area (Å²) in [5, 5.41) is 5.20. The molecular weight excluding hydrogens is 775 g/mol. The zero-order chi connectivity index (χ0) is 42.9. The summed E-state index contributed by atoms with van der Waals surface area (Å²) < 4.78 is 2.08. The number of aromatic nitrogens is 2. The second kappa shape index (κ2) is 13.4. The standard InChI is InChI=1S/C61H45N3/c1-60(2)52-35-51-53(61(3,4)55-33-49(45-18-6-8-20-47(45)59(51)55)40-26-28-41(29-27-40)56-37-64-31-12-10-21-57(64)62-56)34-50(52)58-46-19-7-5-17-44(46)48(32-54(58)60)39-24-22-38(23-25-39)42-14-13-16-43-15-9-11-30-63(43)36-42/h5-37H,1-4H3. The Kier molecular flexibility index (Phi) is 7.71. The first-order chi connectivity index (χ1) is 31.2. The zero-order valence-corrected chi connectivity index (χ0v) is 36.4. The minimum Gasteiger partial charge on any atom is -0.323 e. The van der Waals surface area contributed by atoms with E-state index in [9.17, 15) is 0 Å². The van der Waals surface area contributed by atoms with Crippen molar-refractivity contribution in [3.63, 3.8) is 0 Å². The number of hydrogen-bond acceptors (Lipinski definition) is 2. The molecule has 0 unspecified atom stereocenters. The molecule has 0 atom stereocenters. The Bertz CT molecular complexity index is 3600. The first kappa shape index (κ1) is 36.9. The summed E-state index contributed by atoms with van der Waals surface area (Å²) in [6.07, 6.45) is 21.3. The molecule has 3 nitrogen and oxygen atoms in total. The Morgan fingerprint density at radius 1 is 0.469 bits per heavy atom. The quantitative estimate of drug-likeness (QED) is 0.176. The molecule has 0 spiro atoms. The van der Waals surface area contributed by atoms with Crippen molar-refractivity contribution in [1.82, 2.24) is 14.3 Å². The smallest absolute Gasteiger partial charge is 0.137 e. The Morgan fingerprint density at radius 3 is 1.59 bits per heavy atom. The highest BCUT2D eigenvalue weighted by atomic mass is 15.1. The summed E-state index contributed by atoms with van der Waals surface area (Å²) in [6, 6.07) is 52.5. The van der Waals surface area contributed by atoms with Gasteiger partial charge in [-0.25, -0.2) is 4.98 Å². The fourth-order valence-electron chi connectivity index (χ4n) is 11.2. The molecule has 2 aliphatic heterocycles. The topological polar surface area (TPSA) is 20.5 Å². The Balaban J connectivity index is 0.912. The van der Waals surface area contributed by atoms with E-state index in [0.717, 1.165) is 22.6 Å². The highest BCUT2D eigenvalue weighted by Gasteiger charge is 2.43. The van der Waals surface area contributed by atoms with Crippen molar-refractivity contribution in [2.75, 3.05) is 0 Å². The molecule has 13 rings (SSSR count). The largest absolute Gasteiger partial charge is 0.323 e. The van der Waals surface area contributed by atoms with Crippen LogP contribution in [0.2, 0.25) is 0 Å². The lowest BCUT2D eigenvalue weighted by molar-refractivity contribution is 0.649. The first-order valence-corrected chi connectivity index (χ1v) is 22.4. The van der Waals surface area contributed by atoms with Gasteiger partial charge in [0.15, 0.2) is 0 Å². The van der Waals surface area contributed by atoms with Crippen molar-refractivity contribution < 1.29 is 0 Å². The van der Waals surface area contributed by atoms with E-state index in [1.807, 2.05) is 18.2 Å². The fourth-order valence-corrected chi connectivity index (χ4v) is 11.2. The lowest BCUT2D eigenvalue weighted by Gasteiger charge is -2.24. The van der Waals surface area contributed by atoms with Crippen LogP contribution in [0.15, 0.2) is 206 Å². The van der Waals surface area contributed by atoms with Crippen molar-refractivity contribution >= 4 is 32.8 Å². The Hall–Kier alpha value is -7.75. The maximum absolute atomic E-state index is 4.89. The van der Waals surface area contributed by atoms with Crippen LogP contribution in [0, 0.1) is 0 Å². The third-order valence-corrected chi connectivity index (χ3v) is 14.6. The Labute approximate surface area is 374 Å². The molecule has 3 heteroatoms. The van der Waals surface area contributed by atoms with E-state index in [4.69, 9.17) is 4.98 Å². The number of benzene rings is 7. The summed E-state index contributed by atoms with van der Waals surface area (Å²) in [5.41, 5.74) is 22.3. The Morgan fingerprint density at radius 2 is 1.00 bits per heavy atom. The maximum atomic E-state index is 4.89. The van der Waals surface area contributed by atoms with Crippen LogP contribution in [0.3, 0.4) is 0 Å². The summed E-state index contributed by atoms with van der Waals surface area (Å²) in [5.74, 6) is 0. The van der Waals surface area contributed by atoms with Crippen molar-refractivity contribution in [2.45, 2.75) is 38.5 Å². The SMILES string of the molecule is CC1(C)c2cc3c(cc2-c2c1cc(-c1ccc(C4=CN5C=CC=CC5=CC=C4)cc1)c1ccccc21)C(C)(C)c1cc(-c2ccc(-c4cn5ccccc5n4)cc2)c2ccccc2c1-3. The van der Waals surface area contributed by atoms with Gasteiger partial charge in [-0.05, 0) is 154 Å². The molecule has 0 bridgehead atoms. The first-order valence-electron chi connectivity index (χ1n) is 22.4.